The van der Waals surface area contributed by atoms with Gasteiger partial charge in [-0.3, -0.25) is 4.99 Å². The van der Waals surface area contributed by atoms with Gasteiger partial charge in [-0.25, -0.2) is 0 Å². The van der Waals surface area contributed by atoms with Gasteiger partial charge < -0.3 is 25.0 Å². The summed E-state index contributed by atoms with van der Waals surface area (Å²) in [5, 5.41) is 6.81. The molecule has 0 aromatic carbocycles. The molecule has 2 saturated heterocycles. The highest BCUT2D eigenvalue weighted by Crippen LogP contribution is 2.11. The van der Waals surface area contributed by atoms with Gasteiger partial charge in [0.1, 0.15) is 0 Å². The third-order valence-corrected chi connectivity index (χ3v) is 5.08. The summed E-state index contributed by atoms with van der Waals surface area (Å²) < 4.78 is 11.3. The number of halogens is 1. The second-order valence-electron chi connectivity index (χ2n) is 7.33. The highest BCUT2D eigenvalue weighted by Gasteiger charge is 2.13. The Balaban J connectivity index is 0.00000364. The quantitative estimate of drug-likeness (QED) is 0.211. The first kappa shape index (κ1) is 24.9. The number of aliphatic imine (C=N–C) groups is 1. The Bertz CT molecular complexity index is 371. The highest BCUT2D eigenvalue weighted by atomic mass is 127. The lowest BCUT2D eigenvalue weighted by Crippen LogP contribution is -2.39. The van der Waals surface area contributed by atoms with E-state index in [4.69, 9.17) is 9.47 Å². The van der Waals surface area contributed by atoms with Gasteiger partial charge in [0.05, 0.1) is 6.10 Å². The predicted molar refractivity (Wildman–Crippen MR) is 123 cm³/mol. The average molecular weight is 496 g/mol. The van der Waals surface area contributed by atoms with Crippen LogP contribution in [0.3, 0.4) is 0 Å². The van der Waals surface area contributed by atoms with Crippen molar-refractivity contribution in [3.8, 4) is 0 Å². The minimum absolute atomic E-state index is 0. The van der Waals surface area contributed by atoms with Crippen molar-refractivity contribution < 1.29 is 9.47 Å². The Kier molecular flexibility index (Phi) is 15.5. The van der Waals surface area contributed by atoms with Crippen molar-refractivity contribution in [3.63, 3.8) is 0 Å². The van der Waals surface area contributed by atoms with Crippen LogP contribution < -0.4 is 10.6 Å². The molecular weight excluding hydrogens is 455 g/mol. The Morgan fingerprint density at radius 1 is 1.07 bits per heavy atom. The molecule has 0 aliphatic carbocycles. The Morgan fingerprint density at radius 2 is 1.81 bits per heavy atom. The first-order valence-electron chi connectivity index (χ1n) is 10.8. The van der Waals surface area contributed by atoms with E-state index in [1.54, 1.807) is 0 Å². The maximum atomic E-state index is 5.91. The van der Waals surface area contributed by atoms with E-state index in [-0.39, 0.29) is 24.0 Å². The minimum Gasteiger partial charge on any atom is -0.381 e. The Hall–Kier alpha value is -0.120. The van der Waals surface area contributed by atoms with E-state index in [0.717, 1.165) is 64.7 Å². The summed E-state index contributed by atoms with van der Waals surface area (Å²) in [6.45, 7) is 11.0. The van der Waals surface area contributed by atoms with E-state index in [1.807, 2.05) is 0 Å². The summed E-state index contributed by atoms with van der Waals surface area (Å²) in [4.78, 5) is 7.29. The molecule has 0 unspecified atom stereocenters. The molecule has 2 heterocycles. The van der Waals surface area contributed by atoms with Crippen LogP contribution >= 0.6 is 24.0 Å². The Morgan fingerprint density at radius 3 is 2.52 bits per heavy atom. The van der Waals surface area contributed by atoms with Crippen LogP contribution in [-0.2, 0) is 9.47 Å². The van der Waals surface area contributed by atoms with Crippen LogP contribution in [0.2, 0.25) is 0 Å². The molecule has 0 spiro atoms. The summed E-state index contributed by atoms with van der Waals surface area (Å²) in [5.74, 6) is 0.939. The maximum absolute atomic E-state index is 5.91. The van der Waals surface area contributed by atoms with Crippen molar-refractivity contribution in [3.05, 3.63) is 0 Å². The van der Waals surface area contributed by atoms with Crippen LogP contribution in [0.25, 0.3) is 0 Å². The zero-order valence-electron chi connectivity index (χ0n) is 17.2. The van der Waals surface area contributed by atoms with Gasteiger partial charge >= 0.3 is 0 Å². The summed E-state index contributed by atoms with van der Waals surface area (Å²) >= 11 is 0. The number of hydrogen-bond donors (Lipinski definition) is 2. The second kappa shape index (κ2) is 16.8. The fourth-order valence-electron chi connectivity index (χ4n) is 3.56. The summed E-state index contributed by atoms with van der Waals surface area (Å²) in [6, 6.07) is 0. The Labute approximate surface area is 183 Å². The van der Waals surface area contributed by atoms with Crippen molar-refractivity contribution in [2.24, 2.45) is 4.99 Å². The van der Waals surface area contributed by atoms with Gasteiger partial charge in [0, 0.05) is 39.5 Å². The zero-order valence-corrected chi connectivity index (χ0v) is 19.5. The topological polar surface area (TPSA) is 58.1 Å². The number of hydrogen-bond acceptors (Lipinski definition) is 4. The lowest BCUT2D eigenvalue weighted by Gasteiger charge is -2.22. The molecule has 7 heteroatoms. The molecule has 2 aliphatic heterocycles. The molecule has 0 saturated carbocycles. The number of guanidine groups is 1. The predicted octanol–water partition coefficient (Wildman–Crippen LogP) is 3.01. The van der Waals surface area contributed by atoms with Crippen molar-refractivity contribution in [1.29, 1.82) is 0 Å². The molecule has 2 N–H and O–H groups in total. The fraction of sp³-hybridized carbons (Fsp3) is 0.950. The van der Waals surface area contributed by atoms with Crippen LogP contribution in [0.1, 0.15) is 58.3 Å². The highest BCUT2D eigenvalue weighted by molar-refractivity contribution is 14.0. The molecule has 0 radical (unpaired) electrons. The maximum Gasteiger partial charge on any atom is 0.191 e. The molecule has 2 rings (SSSR count). The van der Waals surface area contributed by atoms with Crippen molar-refractivity contribution >= 4 is 29.9 Å². The molecule has 6 nitrogen and oxygen atoms in total. The molecule has 2 fully saturated rings. The summed E-state index contributed by atoms with van der Waals surface area (Å²) in [7, 11) is 0. The second-order valence-corrected chi connectivity index (χ2v) is 7.33. The molecule has 0 bridgehead atoms. The third kappa shape index (κ3) is 12.1. The SMILES string of the molecule is CCNC(=NCCCOC1CCOCC1)NCCCN1CCCCCC1.I. The summed E-state index contributed by atoms with van der Waals surface area (Å²) in [6.07, 6.45) is 10.2. The molecule has 160 valence electrons. The van der Waals surface area contributed by atoms with E-state index < -0.39 is 0 Å². The van der Waals surface area contributed by atoms with Crippen LogP contribution in [0.15, 0.2) is 4.99 Å². The summed E-state index contributed by atoms with van der Waals surface area (Å²) in [5.41, 5.74) is 0. The van der Waals surface area contributed by atoms with Gasteiger partial charge in [0.25, 0.3) is 0 Å². The van der Waals surface area contributed by atoms with E-state index in [9.17, 15) is 0 Å². The average Bonchev–Trinajstić information content (AvgIpc) is 2.94. The van der Waals surface area contributed by atoms with E-state index in [2.05, 4.69) is 27.4 Å². The number of likely N-dealkylation sites (tertiary alicyclic amines) is 1. The van der Waals surface area contributed by atoms with E-state index >= 15 is 0 Å². The molecule has 0 aromatic heterocycles. The number of rotatable bonds is 10. The van der Waals surface area contributed by atoms with Gasteiger partial charge in [0.2, 0.25) is 0 Å². The standard InChI is InChI=1S/C20H40N4O2.HI/c1-2-21-20(22-11-7-15-24-13-5-3-4-6-14-24)23-12-8-16-26-19-9-17-25-18-10-19;/h19H,2-18H2,1H3,(H2,21,22,23);1H. The first-order valence-corrected chi connectivity index (χ1v) is 10.8. The minimum atomic E-state index is 0. The van der Waals surface area contributed by atoms with Crippen LogP contribution in [-0.4, -0.2) is 76.1 Å². The van der Waals surface area contributed by atoms with E-state index in [0.29, 0.717) is 6.10 Å². The fourth-order valence-corrected chi connectivity index (χ4v) is 3.56. The van der Waals surface area contributed by atoms with Crippen molar-refractivity contribution in [2.75, 3.05) is 59.1 Å². The largest absolute Gasteiger partial charge is 0.381 e. The van der Waals surface area contributed by atoms with Crippen molar-refractivity contribution in [2.45, 2.75) is 64.4 Å². The molecular formula is C20H41IN4O2. The van der Waals surface area contributed by atoms with Gasteiger partial charge in [0.15, 0.2) is 5.96 Å². The molecule has 0 atom stereocenters. The molecule has 2 aliphatic rings. The van der Waals surface area contributed by atoms with Gasteiger partial charge in [-0.15, -0.1) is 24.0 Å². The first-order chi connectivity index (χ1) is 12.9. The lowest BCUT2D eigenvalue weighted by atomic mass is 10.1. The molecule has 27 heavy (non-hydrogen) atoms. The lowest BCUT2D eigenvalue weighted by molar-refractivity contribution is -0.0318. The van der Waals surface area contributed by atoms with Gasteiger partial charge in [-0.05, 0) is 65.1 Å². The molecule has 0 amide bonds. The zero-order chi connectivity index (χ0) is 18.3. The van der Waals surface area contributed by atoms with Crippen LogP contribution in [0.5, 0.6) is 0 Å². The van der Waals surface area contributed by atoms with E-state index in [1.165, 1.54) is 51.7 Å². The number of ether oxygens (including phenoxy) is 2. The smallest absolute Gasteiger partial charge is 0.191 e. The third-order valence-electron chi connectivity index (χ3n) is 5.08. The van der Waals surface area contributed by atoms with Crippen LogP contribution in [0, 0.1) is 0 Å². The van der Waals surface area contributed by atoms with Gasteiger partial charge in [-0.1, -0.05) is 12.8 Å². The number of nitrogens with one attached hydrogen (secondary N) is 2. The van der Waals surface area contributed by atoms with Gasteiger partial charge in [-0.2, -0.15) is 0 Å². The monoisotopic (exact) mass is 496 g/mol. The normalized spacial score (nSPS) is 20.0. The van der Waals surface area contributed by atoms with Crippen molar-refractivity contribution in [1.82, 2.24) is 15.5 Å². The number of nitrogens with zero attached hydrogens (tertiary/aromatic N) is 2. The molecule has 0 aromatic rings. The van der Waals surface area contributed by atoms with Crippen LogP contribution in [0.4, 0.5) is 0 Å².